The van der Waals surface area contributed by atoms with E-state index in [4.69, 9.17) is 4.74 Å². The number of aliphatic hydroxyl groups excluding tert-OH is 2. The van der Waals surface area contributed by atoms with Crippen molar-refractivity contribution in [1.82, 2.24) is 0 Å². The Morgan fingerprint density at radius 3 is 2.43 bits per heavy atom. The lowest BCUT2D eigenvalue weighted by atomic mass is 9.99. The van der Waals surface area contributed by atoms with E-state index in [1.807, 2.05) is 0 Å². The smallest absolute Gasteiger partial charge is 0.342 e. The first-order valence-corrected chi connectivity index (χ1v) is 11.1. The number of anilines is 1. The largest absolute Gasteiger partial charge is 0.507 e. The molecular formula is C20H25NO8S. The molecule has 0 fully saturated rings. The maximum Gasteiger partial charge on any atom is 0.342 e. The van der Waals surface area contributed by atoms with Crippen LogP contribution in [-0.4, -0.2) is 60.1 Å². The molecule has 0 spiro atoms. The van der Waals surface area contributed by atoms with E-state index in [1.165, 1.54) is 24.3 Å². The molecule has 0 bridgehead atoms. The van der Waals surface area contributed by atoms with Crippen LogP contribution in [0.2, 0.25) is 0 Å². The molecule has 4 atom stereocenters. The number of phenolic OH excluding ortho intramolecular Hbond substituents is 1. The zero-order valence-electron chi connectivity index (χ0n) is 16.8. The van der Waals surface area contributed by atoms with Gasteiger partial charge in [0, 0.05) is 12.0 Å². The fraction of sp³-hybridized carbons (Fsp3) is 0.400. The number of ketones is 1. The molecule has 1 aromatic carbocycles. The number of sulfonamides is 1. The van der Waals surface area contributed by atoms with Gasteiger partial charge in [0.25, 0.3) is 0 Å². The van der Waals surface area contributed by atoms with Crippen molar-refractivity contribution < 1.29 is 38.1 Å². The van der Waals surface area contributed by atoms with Gasteiger partial charge in [0.2, 0.25) is 10.0 Å². The van der Waals surface area contributed by atoms with Crippen molar-refractivity contribution in [3.05, 3.63) is 41.5 Å². The van der Waals surface area contributed by atoms with Gasteiger partial charge >= 0.3 is 5.97 Å². The summed E-state index contributed by atoms with van der Waals surface area (Å²) in [5, 5.41) is 30.4. The number of carbonyl (C=O) groups excluding carboxylic acids is 2. The van der Waals surface area contributed by atoms with Gasteiger partial charge in [-0.3, -0.25) is 9.52 Å². The predicted octanol–water partition coefficient (Wildman–Crippen LogP) is 1.21. The Morgan fingerprint density at radius 1 is 1.13 bits per heavy atom. The summed E-state index contributed by atoms with van der Waals surface area (Å²) in [5.74, 6) is -2.42. The molecule has 1 aliphatic rings. The minimum atomic E-state index is -3.64. The molecular weight excluding hydrogens is 414 g/mol. The molecule has 0 amide bonds. The minimum absolute atomic E-state index is 0.0208. The number of cyclic esters (lactones) is 1. The molecule has 164 valence electrons. The van der Waals surface area contributed by atoms with Crippen molar-refractivity contribution in [2.75, 3.05) is 11.0 Å². The second kappa shape index (κ2) is 9.41. The first kappa shape index (κ1) is 23.6. The van der Waals surface area contributed by atoms with Gasteiger partial charge in [-0.15, -0.1) is 0 Å². The van der Waals surface area contributed by atoms with Crippen molar-refractivity contribution in [2.24, 2.45) is 5.92 Å². The summed E-state index contributed by atoms with van der Waals surface area (Å²) in [6.07, 6.45) is 2.43. The van der Waals surface area contributed by atoms with Crippen LogP contribution in [0.4, 0.5) is 5.69 Å². The Balaban J connectivity index is 2.55. The first-order chi connectivity index (χ1) is 13.9. The highest BCUT2D eigenvalue weighted by atomic mass is 32.2. The Labute approximate surface area is 174 Å². The summed E-state index contributed by atoms with van der Waals surface area (Å²) in [5.41, 5.74) is -0.0319. The van der Waals surface area contributed by atoms with Gasteiger partial charge in [-0.05, 0) is 31.1 Å². The Bertz CT molecular complexity index is 983. The number of esters is 1. The van der Waals surface area contributed by atoms with Crippen LogP contribution in [0.5, 0.6) is 5.75 Å². The molecule has 0 aromatic heterocycles. The number of hydrogen-bond donors (Lipinski definition) is 4. The van der Waals surface area contributed by atoms with Crippen molar-refractivity contribution in [1.29, 1.82) is 0 Å². The summed E-state index contributed by atoms with van der Waals surface area (Å²) in [7, 11) is -3.64. The van der Waals surface area contributed by atoms with Crippen LogP contribution in [0, 0.1) is 5.92 Å². The summed E-state index contributed by atoms with van der Waals surface area (Å²) >= 11 is 0. The van der Waals surface area contributed by atoms with Crippen LogP contribution in [0.15, 0.2) is 30.4 Å². The normalized spacial score (nSPS) is 28.0. The predicted molar refractivity (Wildman–Crippen MR) is 110 cm³/mol. The molecule has 0 radical (unpaired) electrons. The molecule has 1 aliphatic heterocycles. The molecule has 0 unspecified atom stereocenters. The summed E-state index contributed by atoms with van der Waals surface area (Å²) in [6, 6.07) is 2.41. The lowest BCUT2D eigenvalue weighted by Crippen LogP contribution is -2.32. The van der Waals surface area contributed by atoms with Gasteiger partial charge in [0.05, 0.1) is 18.0 Å². The fourth-order valence-electron chi connectivity index (χ4n) is 2.77. The molecule has 0 saturated carbocycles. The summed E-state index contributed by atoms with van der Waals surface area (Å²) < 4.78 is 30.6. The number of fused-ring (bicyclic) bond motifs is 1. The highest BCUT2D eigenvalue weighted by Crippen LogP contribution is 2.30. The number of aliphatic hydroxyl groups is 2. The molecule has 0 saturated heterocycles. The van der Waals surface area contributed by atoms with Gasteiger partial charge in [0.1, 0.15) is 23.5 Å². The number of phenols is 1. The van der Waals surface area contributed by atoms with Crippen LogP contribution >= 0.6 is 0 Å². The van der Waals surface area contributed by atoms with E-state index in [2.05, 4.69) is 4.72 Å². The number of nitrogens with one attached hydrogen (secondary N) is 1. The molecule has 4 N–H and O–H groups in total. The van der Waals surface area contributed by atoms with Gasteiger partial charge in [0.15, 0.2) is 5.78 Å². The summed E-state index contributed by atoms with van der Waals surface area (Å²) in [4.78, 5) is 24.7. The van der Waals surface area contributed by atoms with Gasteiger partial charge in [-0.25, -0.2) is 13.2 Å². The van der Waals surface area contributed by atoms with Gasteiger partial charge < -0.3 is 20.1 Å². The molecule has 1 heterocycles. The van der Waals surface area contributed by atoms with Gasteiger partial charge in [-0.2, -0.15) is 0 Å². The third-order valence-corrected chi connectivity index (χ3v) is 5.19. The Kier molecular flexibility index (Phi) is 7.40. The Hall–Kier alpha value is -2.69. The number of benzene rings is 1. The molecule has 1 aromatic rings. The number of hydrogen-bond acceptors (Lipinski definition) is 8. The third-order valence-electron chi connectivity index (χ3n) is 4.58. The fourth-order valence-corrected chi connectivity index (χ4v) is 3.31. The van der Waals surface area contributed by atoms with Crippen LogP contribution in [-0.2, 0) is 19.6 Å². The second-order valence-corrected chi connectivity index (χ2v) is 8.96. The number of ether oxygens (including phenoxy) is 1. The second-order valence-electron chi connectivity index (χ2n) is 7.22. The van der Waals surface area contributed by atoms with Crippen molar-refractivity contribution in [2.45, 2.75) is 38.6 Å². The quantitative estimate of drug-likeness (QED) is 0.502. The molecule has 30 heavy (non-hydrogen) atoms. The average Bonchev–Trinajstić information content (AvgIpc) is 2.62. The molecule has 2 rings (SSSR count). The van der Waals surface area contributed by atoms with E-state index in [0.717, 1.165) is 18.4 Å². The molecule has 0 aliphatic carbocycles. The van der Waals surface area contributed by atoms with E-state index in [1.54, 1.807) is 13.8 Å². The minimum Gasteiger partial charge on any atom is -0.507 e. The highest BCUT2D eigenvalue weighted by molar-refractivity contribution is 7.92. The van der Waals surface area contributed by atoms with Crippen molar-refractivity contribution >= 4 is 33.5 Å². The summed E-state index contributed by atoms with van der Waals surface area (Å²) in [6.45, 7) is 3.29. The third kappa shape index (κ3) is 6.15. The van der Waals surface area contributed by atoms with Crippen molar-refractivity contribution in [3.8, 4) is 5.75 Å². The van der Waals surface area contributed by atoms with Crippen molar-refractivity contribution in [3.63, 3.8) is 0 Å². The average molecular weight is 439 g/mol. The van der Waals surface area contributed by atoms with E-state index < -0.39 is 51.8 Å². The maximum absolute atomic E-state index is 12.7. The number of carbonyl (C=O) groups is 2. The Morgan fingerprint density at radius 2 is 1.80 bits per heavy atom. The van der Waals surface area contributed by atoms with E-state index >= 15 is 0 Å². The zero-order chi connectivity index (χ0) is 22.6. The van der Waals surface area contributed by atoms with Crippen LogP contribution in [0.25, 0.3) is 6.08 Å². The van der Waals surface area contributed by atoms with E-state index in [9.17, 15) is 33.3 Å². The van der Waals surface area contributed by atoms with Crippen LogP contribution < -0.4 is 4.72 Å². The van der Waals surface area contributed by atoms with Crippen LogP contribution in [0.1, 0.15) is 36.2 Å². The zero-order valence-corrected chi connectivity index (χ0v) is 17.6. The highest BCUT2D eigenvalue weighted by Gasteiger charge is 2.25. The monoisotopic (exact) mass is 439 g/mol. The van der Waals surface area contributed by atoms with E-state index in [-0.39, 0.29) is 23.2 Å². The first-order valence-electron chi connectivity index (χ1n) is 9.19. The number of aromatic hydroxyl groups is 1. The standard InChI is InChI=1S/C20H25NO8S/c1-11-7-8-16(23)19(25)15(22)6-4-5-13-9-14(21-30(3,27)28)10-17(24)18(13)20(26)29-12(11)2/h4-5,7-12,15,19,21-22,24-25H,6H2,1-3H3/b5-4+,8-7-/t11-,12+,15+,19+/m1/s1. The number of rotatable bonds is 2. The van der Waals surface area contributed by atoms with E-state index in [0.29, 0.717) is 0 Å². The topological polar surface area (TPSA) is 150 Å². The molecule has 9 nitrogen and oxygen atoms in total. The lowest BCUT2D eigenvalue weighted by Gasteiger charge is -2.20. The molecule has 10 heteroatoms. The van der Waals surface area contributed by atoms with Gasteiger partial charge in [-0.1, -0.05) is 25.2 Å². The van der Waals surface area contributed by atoms with Crippen LogP contribution in [0.3, 0.4) is 0 Å². The maximum atomic E-state index is 12.7. The SMILES string of the molecule is C[C@@H]1/C=C\C(=O)[C@@H](O)[C@@H](O)C/C=C/c2cc(NS(C)(=O)=O)cc(O)c2C(=O)O[C@H]1C. The lowest BCUT2D eigenvalue weighted by molar-refractivity contribution is -0.127.